The van der Waals surface area contributed by atoms with Crippen molar-refractivity contribution in [1.29, 1.82) is 0 Å². The molecule has 122 valence electrons. The molecule has 6 heteroatoms. The number of carbonyl (C=O) groups is 1. The predicted molar refractivity (Wildman–Crippen MR) is 79.9 cm³/mol. The van der Waals surface area contributed by atoms with Crippen LogP contribution in [0.25, 0.3) is 0 Å². The molecule has 0 spiro atoms. The summed E-state index contributed by atoms with van der Waals surface area (Å²) in [6, 6.07) is 6.28. The Labute approximate surface area is 129 Å². The zero-order valence-electron chi connectivity index (χ0n) is 12.6. The topological polar surface area (TPSA) is 50.4 Å². The summed E-state index contributed by atoms with van der Waals surface area (Å²) in [6.07, 6.45) is 4.56. The molecule has 1 aliphatic rings. The number of hydrogen-bond acceptors (Lipinski definition) is 2. The Balaban J connectivity index is 1.76. The van der Waals surface area contributed by atoms with E-state index in [1.807, 2.05) is 0 Å². The zero-order chi connectivity index (χ0) is 15.9. The van der Waals surface area contributed by atoms with Gasteiger partial charge in [0.15, 0.2) is 0 Å². The van der Waals surface area contributed by atoms with Crippen molar-refractivity contribution in [1.82, 2.24) is 10.6 Å². The van der Waals surface area contributed by atoms with Crippen LogP contribution in [-0.2, 0) is 6.54 Å². The molecule has 0 saturated heterocycles. The van der Waals surface area contributed by atoms with E-state index in [1.165, 1.54) is 18.6 Å². The van der Waals surface area contributed by atoms with Gasteiger partial charge in [0.05, 0.1) is 0 Å². The van der Waals surface area contributed by atoms with Crippen molar-refractivity contribution in [3.05, 3.63) is 29.8 Å². The fraction of sp³-hybridized carbons (Fsp3) is 0.562. The van der Waals surface area contributed by atoms with E-state index in [1.54, 1.807) is 12.1 Å². The van der Waals surface area contributed by atoms with Crippen LogP contribution in [0.15, 0.2) is 24.3 Å². The third-order valence-corrected chi connectivity index (χ3v) is 4.03. The van der Waals surface area contributed by atoms with Crippen molar-refractivity contribution in [3.8, 4) is 5.75 Å². The zero-order valence-corrected chi connectivity index (χ0v) is 12.6. The molecular formula is C16H22F2N2O2. The molecule has 1 saturated carbocycles. The van der Waals surface area contributed by atoms with Crippen LogP contribution in [0.5, 0.6) is 5.75 Å². The van der Waals surface area contributed by atoms with Gasteiger partial charge in [0.25, 0.3) is 0 Å². The second kappa shape index (κ2) is 7.96. The molecule has 22 heavy (non-hydrogen) atoms. The van der Waals surface area contributed by atoms with Crippen LogP contribution in [0, 0.1) is 5.92 Å². The van der Waals surface area contributed by atoms with Gasteiger partial charge in [0.1, 0.15) is 5.75 Å². The van der Waals surface area contributed by atoms with Gasteiger partial charge in [0, 0.05) is 12.6 Å². The molecule has 1 aliphatic carbocycles. The summed E-state index contributed by atoms with van der Waals surface area (Å²) in [7, 11) is 0. The van der Waals surface area contributed by atoms with Gasteiger partial charge in [-0.1, -0.05) is 31.9 Å². The quantitative estimate of drug-likeness (QED) is 0.871. The van der Waals surface area contributed by atoms with Crippen molar-refractivity contribution in [2.24, 2.45) is 5.92 Å². The summed E-state index contributed by atoms with van der Waals surface area (Å²) in [6.45, 7) is -0.319. The second-order valence-electron chi connectivity index (χ2n) is 5.72. The van der Waals surface area contributed by atoms with Crippen LogP contribution in [0.2, 0.25) is 0 Å². The number of amides is 2. The van der Waals surface area contributed by atoms with Gasteiger partial charge in [-0.15, -0.1) is 0 Å². The highest BCUT2D eigenvalue weighted by Gasteiger charge is 2.22. The summed E-state index contributed by atoms with van der Waals surface area (Å²) >= 11 is 0. The summed E-state index contributed by atoms with van der Waals surface area (Å²) < 4.78 is 28.4. The van der Waals surface area contributed by atoms with Crippen LogP contribution >= 0.6 is 0 Å². The molecular weight excluding hydrogens is 290 g/mol. The molecule has 4 nitrogen and oxygen atoms in total. The number of alkyl halides is 2. The Morgan fingerprint density at radius 3 is 2.59 bits per heavy atom. The minimum absolute atomic E-state index is 0.110. The van der Waals surface area contributed by atoms with E-state index in [2.05, 4.69) is 22.3 Å². The van der Waals surface area contributed by atoms with Crippen LogP contribution < -0.4 is 15.4 Å². The Bertz CT molecular complexity index is 480. The van der Waals surface area contributed by atoms with Crippen LogP contribution in [-0.4, -0.2) is 18.7 Å². The number of ether oxygens (including phenoxy) is 1. The average molecular weight is 312 g/mol. The van der Waals surface area contributed by atoms with Crippen molar-refractivity contribution >= 4 is 6.03 Å². The molecule has 2 rings (SSSR count). The lowest BCUT2D eigenvalue weighted by Gasteiger charge is -2.29. The SMILES string of the molecule is C[C@@H]1CCCC[C@@H]1NC(=O)NCc1ccc(OC(F)F)cc1. The van der Waals surface area contributed by atoms with Crippen molar-refractivity contribution in [2.75, 3.05) is 0 Å². The Morgan fingerprint density at radius 2 is 1.95 bits per heavy atom. The normalized spacial score (nSPS) is 21.5. The molecule has 2 atom stereocenters. The third-order valence-electron chi connectivity index (χ3n) is 4.03. The van der Waals surface area contributed by atoms with E-state index in [0.717, 1.165) is 24.8 Å². The summed E-state index contributed by atoms with van der Waals surface area (Å²) in [5.41, 5.74) is 0.827. The van der Waals surface area contributed by atoms with E-state index in [9.17, 15) is 13.6 Å². The molecule has 2 N–H and O–H groups in total. The maximum absolute atomic E-state index is 12.0. The summed E-state index contributed by atoms with van der Waals surface area (Å²) in [4.78, 5) is 11.9. The standard InChI is InChI=1S/C16H22F2N2O2/c1-11-4-2-3-5-14(11)20-16(21)19-10-12-6-8-13(9-7-12)22-15(17)18/h6-9,11,14-15H,2-5,10H2,1H3,(H2,19,20,21)/t11-,14+/m1/s1. The Hall–Kier alpha value is -1.85. The molecule has 0 aromatic heterocycles. The fourth-order valence-corrected chi connectivity index (χ4v) is 2.72. The molecule has 2 amide bonds. The first-order valence-electron chi connectivity index (χ1n) is 7.62. The maximum Gasteiger partial charge on any atom is 0.387 e. The van der Waals surface area contributed by atoms with Crippen LogP contribution in [0.1, 0.15) is 38.2 Å². The second-order valence-corrected chi connectivity index (χ2v) is 5.72. The maximum atomic E-state index is 12.0. The van der Waals surface area contributed by atoms with Crippen molar-refractivity contribution in [3.63, 3.8) is 0 Å². The lowest BCUT2D eigenvalue weighted by molar-refractivity contribution is -0.0498. The van der Waals surface area contributed by atoms with E-state index >= 15 is 0 Å². The van der Waals surface area contributed by atoms with E-state index < -0.39 is 6.61 Å². The summed E-state index contributed by atoms with van der Waals surface area (Å²) in [5.74, 6) is 0.615. The smallest absolute Gasteiger partial charge is 0.387 e. The largest absolute Gasteiger partial charge is 0.435 e. The molecule has 0 radical (unpaired) electrons. The van der Waals surface area contributed by atoms with Gasteiger partial charge in [-0.05, 0) is 36.5 Å². The molecule has 0 bridgehead atoms. The lowest BCUT2D eigenvalue weighted by atomic mass is 9.86. The highest BCUT2D eigenvalue weighted by molar-refractivity contribution is 5.74. The molecule has 1 fully saturated rings. The average Bonchev–Trinajstić information content (AvgIpc) is 2.48. The number of rotatable bonds is 5. The first kappa shape index (κ1) is 16.5. The van der Waals surface area contributed by atoms with Crippen molar-refractivity contribution < 1.29 is 18.3 Å². The predicted octanol–water partition coefficient (Wildman–Crippen LogP) is 3.67. The van der Waals surface area contributed by atoms with E-state index in [-0.39, 0.29) is 17.8 Å². The Morgan fingerprint density at radius 1 is 1.27 bits per heavy atom. The van der Waals surface area contributed by atoms with Crippen LogP contribution in [0.4, 0.5) is 13.6 Å². The molecule has 1 aromatic rings. The Kier molecular flexibility index (Phi) is 5.98. The lowest BCUT2D eigenvalue weighted by Crippen LogP contribution is -2.45. The molecule has 1 aromatic carbocycles. The van der Waals surface area contributed by atoms with Gasteiger partial charge in [-0.2, -0.15) is 8.78 Å². The minimum Gasteiger partial charge on any atom is -0.435 e. The minimum atomic E-state index is -2.83. The molecule has 0 unspecified atom stereocenters. The number of carbonyl (C=O) groups excluding carboxylic acids is 1. The van der Waals surface area contributed by atoms with Gasteiger partial charge >= 0.3 is 12.6 Å². The first-order chi connectivity index (χ1) is 10.5. The number of urea groups is 1. The molecule has 0 aliphatic heterocycles. The van der Waals surface area contributed by atoms with E-state index in [4.69, 9.17) is 0 Å². The van der Waals surface area contributed by atoms with Crippen molar-refractivity contribution in [2.45, 2.75) is 51.8 Å². The van der Waals surface area contributed by atoms with Gasteiger partial charge in [-0.3, -0.25) is 0 Å². The summed E-state index contributed by atoms with van der Waals surface area (Å²) in [5, 5.41) is 5.79. The van der Waals surface area contributed by atoms with Gasteiger partial charge in [-0.25, -0.2) is 4.79 Å². The van der Waals surface area contributed by atoms with Gasteiger partial charge in [0.2, 0.25) is 0 Å². The highest BCUT2D eigenvalue weighted by atomic mass is 19.3. The molecule has 0 heterocycles. The monoisotopic (exact) mass is 312 g/mol. The number of nitrogens with one attached hydrogen (secondary N) is 2. The van der Waals surface area contributed by atoms with Crippen LogP contribution in [0.3, 0.4) is 0 Å². The first-order valence-corrected chi connectivity index (χ1v) is 7.62. The fourth-order valence-electron chi connectivity index (χ4n) is 2.72. The highest BCUT2D eigenvalue weighted by Crippen LogP contribution is 2.23. The third kappa shape index (κ3) is 5.16. The van der Waals surface area contributed by atoms with Gasteiger partial charge < -0.3 is 15.4 Å². The number of hydrogen-bond donors (Lipinski definition) is 2. The number of benzene rings is 1. The van der Waals surface area contributed by atoms with E-state index in [0.29, 0.717) is 12.5 Å². The number of halogens is 2.